The van der Waals surface area contributed by atoms with Crippen LogP contribution in [0.1, 0.15) is 30.9 Å². The number of amides is 3. The lowest BCUT2D eigenvalue weighted by atomic mass is 10.1. The summed E-state index contributed by atoms with van der Waals surface area (Å²) in [6.45, 7) is 2.34. The highest BCUT2D eigenvalue weighted by molar-refractivity contribution is 7.13. The summed E-state index contributed by atoms with van der Waals surface area (Å²) < 4.78 is 10.7. The predicted molar refractivity (Wildman–Crippen MR) is 133 cm³/mol. The van der Waals surface area contributed by atoms with Gasteiger partial charge < -0.3 is 25.0 Å². The number of hydrogen-bond acceptors (Lipinski definition) is 7. The molecule has 0 aliphatic carbocycles. The minimum Gasteiger partial charge on any atom is -0.454 e. The van der Waals surface area contributed by atoms with E-state index in [1.54, 1.807) is 17.6 Å². The average Bonchev–Trinajstić information content (AvgIpc) is 3.56. The molecule has 0 atom stereocenters. The van der Waals surface area contributed by atoms with Crippen LogP contribution in [0, 0.1) is 0 Å². The largest absolute Gasteiger partial charge is 0.454 e. The molecular weight excluding hydrogens is 468 g/mol. The lowest BCUT2D eigenvalue weighted by Crippen LogP contribution is -2.41. The van der Waals surface area contributed by atoms with Crippen LogP contribution in [0.2, 0.25) is 0 Å². The van der Waals surface area contributed by atoms with Crippen molar-refractivity contribution in [2.45, 2.75) is 32.7 Å². The first-order valence-electron chi connectivity index (χ1n) is 11.3. The smallest absolute Gasteiger partial charge is 0.240 e. The third-order valence-electron chi connectivity index (χ3n) is 5.43. The van der Waals surface area contributed by atoms with Gasteiger partial charge >= 0.3 is 0 Å². The van der Waals surface area contributed by atoms with E-state index in [1.807, 2.05) is 43.3 Å². The molecule has 3 amide bonds. The van der Waals surface area contributed by atoms with E-state index in [0.29, 0.717) is 22.3 Å². The van der Waals surface area contributed by atoms with Crippen LogP contribution < -0.4 is 25.0 Å². The second kappa shape index (κ2) is 11.5. The summed E-state index contributed by atoms with van der Waals surface area (Å²) in [5.74, 6) is 0.373. The Kier molecular flexibility index (Phi) is 7.94. The van der Waals surface area contributed by atoms with Crippen molar-refractivity contribution in [3.05, 3.63) is 65.2 Å². The molecular formula is C25H26N4O5S. The molecule has 35 heavy (non-hydrogen) atoms. The van der Waals surface area contributed by atoms with E-state index in [2.05, 4.69) is 15.6 Å². The van der Waals surface area contributed by atoms with Crippen molar-refractivity contribution in [3.8, 4) is 11.5 Å². The molecule has 1 aromatic heterocycles. The molecule has 0 bridgehead atoms. The second-order valence-electron chi connectivity index (χ2n) is 7.85. The third kappa shape index (κ3) is 6.57. The fourth-order valence-corrected chi connectivity index (χ4v) is 4.05. The number of benzene rings is 2. The van der Waals surface area contributed by atoms with E-state index >= 15 is 0 Å². The predicted octanol–water partition coefficient (Wildman–Crippen LogP) is 3.50. The van der Waals surface area contributed by atoms with Gasteiger partial charge in [-0.1, -0.05) is 25.1 Å². The molecule has 1 aliphatic heterocycles. The minimum atomic E-state index is -0.318. The summed E-state index contributed by atoms with van der Waals surface area (Å²) in [5.41, 5.74) is 2.58. The summed E-state index contributed by atoms with van der Waals surface area (Å²) in [6, 6.07) is 12.9. The Balaban J connectivity index is 1.38. The van der Waals surface area contributed by atoms with Crippen molar-refractivity contribution < 1.29 is 23.9 Å². The molecule has 0 saturated carbocycles. The van der Waals surface area contributed by atoms with Crippen LogP contribution in [0.25, 0.3) is 0 Å². The molecule has 10 heteroatoms. The molecule has 0 saturated heterocycles. The molecule has 2 N–H and O–H groups in total. The van der Waals surface area contributed by atoms with E-state index in [-0.39, 0.29) is 50.4 Å². The fraction of sp³-hybridized carbons (Fsp3) is 0.280. The Bertz CT molecular complexity index is 1180. The number of anilines is 2. The maximum absolute atomic E-state index is 13.1. The summed E-state index contributed by atoms with van der Waals surface area (Å²) in [5, 5.41) is 7.75. The van der Waals surface area contributed by atoms with Crippen molar-refractivity contribution in [2.24, 2.45) is 0 Å². The Labute approximate surface area is 207 Å². The van der Waals surface area contributed by atoms with Crippen molar-refractivity contribution in [3.63, 3.8) is 0 Å². The molecule has 0 fully saturated rings. The van der Waals surface area contributed by atoms with Crippen LogP contribution in [0.15, 0.2) is 54.0 Å². The highest BCUT2D eigenvalue weighted by Gasteiger charge is 2.21. The lowest BCUT2D eigenvalue weighted by molar-refractivity contribution is -0.125. The van der Waals surface area contributed by atoms with Crippen LogP contribution in [0.5, 0.6) is 11.5 Å². The van der Waals surface area contributed by atoms with Crippen LogP contribution >= 0.6 is 11.3 Å². The molecule has 0 radical (unpaired) electrons. The maximum Gasteiger partial charge on any atom is 0.240 e. The molecule has 182 valence electrons. The van der Waals surface area contributed by atoms with E-state index < -0.39 is 0 Å². The quantitative estimate of drug-likeness (QED) is 0.446. The standard InChI is InChI=1S/C25H26N4O5S/c1-2-17-3-6-19(7-4-17)29(24(32)10-9-22(30)28-25-26-11-12-35-25)15-23(31)27-14-18-5-8-20-21(13-18)34-16-33-20/h3-8,11-13H,2,9-10,14-16H2,1H3,(H,27,31)(H,26,28,30). The van der Waals surface area contributed by atoms with E-state index in [9.17, 15) is 14.4 Å². The summed E-state index contributed by atoms with van der Waals surface area (Å²) in [7, 11) is 0. The zero-order chi connectivity index (χ0) is 24.6. The number of nitrogens with one attached hydrogen (secondary N) is 2. The van der Waals surface area contributed by atoms with Gasteiger partial charge in [0.25, 0.3) is 0 Å². The highest BCUT2D eigenvalue weighted by Crippen LogP contribution is 2.32. The lowest BCUT2D eigenvalue weighted by Gasteiger charge is -2.23. The maximum atomic E-state index is 13.1. The Hall–Kier alpha value is -3.92. The number of carbonyl (C=O) groups is 3. The second-order valence-corrected chi connectivity index (χ2v) is 8.74. The molecule has 1 aliphatic rings. The first kappa shape index (κ1) is 24.2. The van der Waals surface area contributed by atoms with Crippen molar-refractivity contribution in [1.82, 2.24) is 10.3 Å². The zero-order valence-electron chi connectivity index (χ0n) is 19.3. The Morgan fingerprint density at radius 2 is 1.77 bits per heavy atom. The summed E-state index contributed by atoms with van der Waals surface area (Å²) in [4.78, 5) is 43.5. The van der Waals surface area contributed by atoms with Gasteiger partial charge in [0.15, 0.2) is 16.6 Å². The van der Waals surface area contributed by atoms with Crippen LogP contribution in [0.3, 0.4) is 0 Å². The van der Waals surface area contributed by atoms with Gasteiger partial charge in [0, 0.05) is 36.7 Å². The molecule has 0 spiro atoms. The van der Waals surface area contributed by atoms with Gasteiger partial charge in [-0.3, -0.25) is 14.4 Å². The van der Waals surface area contributed by atoms with E-state index in [1.165, 1.54) is 16.2 Å². The Morgan fingerprint density at radius 1 is 1.00 bits per heavy atom. The van der Waals surface area contributed by atoms with Crippen molar-refractivity contribution >= 4 is 39.9 Å². The van der Waals surface area contributed by atoms with Crippen LogP contribution in [0.4, 0.5) is 10.8 Å². The van der Waals surface area contributed by atoms with Gasteiger partial charge in [0.2, 0.25) is 24.5 Å². The number of rotatable bonds is 10. The van der Waals surface area contributed by atoms with Crippen LogP contribution in [-0.2, 0) is 27.3 Å². The number of ether oxygens (including phenoxy) is 2. The number of aryl methyl sites for hydroxylation is 1. The van der Waals surface area contributed by atoms with Gasteiger partial charge in [0.1, 0.15) is 6.54 Å². The molecule has 0 unspecified atom stereocenters. The first-order chi connectivity index (χ1) is 17.0. The molecule has 2 aromatic carbocycles. The van der Waals surface area contributed by atoms with Gasteiger partial charge in [-0.15, -0.1) is 11.3 Å². The molecule has 3 aromatic rings. The third-order valence-corrected chi connectivity index (χ3v) is 6.12. The van der Waals surface area contributed by atoms with Gasteiger partial charge in [0.05, 0.1) is 0 Å². The Morgan fingerprint density at radius 3 is 2.51 bits per heavy atom. The van der Waals surface area contributed by atoms with Crippen LogP contribution in [-0.4, -0.2) is 36.0 Å². The zero-order valence-corrected chi connectivity index (χ0v) is 20.1. The summed E-state index contributed by atoms with van der Waals surface area (Å²) in [6.07, 6.45) is 2.40. The molecule has 9 nitrogen and oxygen atoms in total. The van der Waals surface area contributed by atoms with Gasteiger partial charge in [-0.2, -0.15) is 0 Å². The van der Waals surface area contributed by atoms with Gasteiger partial charge in [-0.05, 0) is 41.8 Å². The summed E-state index contributed by atoms with van der Waals surface area (Å²) >= 11 is 1.30. The number of thiazole rings is 1. The fourth-order valence-electron chi connectivity index (χ4n) is 3.51. The van der Waals surface area contributed by atoms with Crippen molar-refractivity contribution in [2.75, 3.05) is 23.6 Å². The SMILES string of the molecule is CCc1ccc(N(CC(=O)NCc2ccc3c(c2)OCO3)C(=O)CCC(=O)Nc2nccs2)cc1. The van der Waals surface area contributed by atoms with Crippen molar-refractivity contribution in [1.29, 1.82) is 0 Å². The topological polar surface area (TPSA) is 110 Å². The molecule has 2 heterocycles. The average molecular weight is 495 g/mol. The first-order valence-corrected chi connectivity index (χ1v) is 12.1. The van der Waals surface area contributed by atoms with Gasteiger partial charge in [-0.25, -0.2) is 4.98 Å². The number of hydrogen-bond donors (Lipinski definition) is 2. The number of nitrogens with zero attached hydrogens (tertiary/aromatic N) is 2. The van der Waals surface area contributed by atoms with E-state index in [4.69, 9.17) is 9.47 Å². The number of carbonyl (C=O) groups excluding carboxylic acids is 3. The normalized spacial score (nSPS) is 11.7. The highest BCUT2D eigenvalue weighted by atomic mass is 32.1. The van der Waals surface area contributed by atoms with E-state index in [0.717, 1.165) is 17.5 Å². The number of fused-ring (bicyclic) bond motifs is 1. The number of aromatic nitrogens is 1. The monoisotopic (exact) mass is 494 g/mol. The molecule has 4 rings (SSSR count). The minimum absolute atomic E-state index is 0.0131.